The minimum atomic E-state index is -1.03. The number of carboxylic acid groups (broad SMARTS) is 1. The highest BCUT2D eigenvalue weighted by atomic mass is 32.2. The minimum Gasteiger partial charge on any atom is -0.495 e. The van der Waals surface area contributed by atoms with Gasteiger partial charge in [-0.1, -0.05) is 48.5 Å². The second kappa shape index (κ2) is 11.7. The number of ether oxygens (including phenoxy) is 1. The summed E-state index contributed by atoms with van der Waals surface area (Å²) < 4.78 is 5.34. The normalized spacial score (nSPS) is 11.3. The topological polar surface area (TPSA) is 105 Å². The van der Waals surface area contributed by atoms with Crippen LogP contribution in [0.2, 0.25) is 0 Å². The molecule has 0 bridgehead atoms. The van der Waals surface area contributed by atoms with Crippen molar-refractivity contribution in [3.05, 3.63) is 84.4 Å². The van der Waals surface area contributed by atoms with Crippen molar-refractivity contribution in [1.29, 1.82) is 0 Å². The lowest BCUT2D eigenvalue weighted by Crippen LogP contribution is -2.19. The Hall–Kier alpha value is -3.78. The fourth-order valence-corrected chi connectivity index (χ4v) is 4.16. The summed E-state index contributed by atoms with van der Waals surface area (Å²) in [5.41, 5.74) is 1.93. The first-order chi connectivity index (χ1) is 16.0. The van der Waals surface area contributed by atoms with Crippen molar-refractivity contribution in [3.63, 3.8) is 0 Å². The van der Waals surface area contributed by atoms with Gasteiger partial charge in [0.2, 0.25) is 11.8 Å². The zero-order chi connectivity index (χ0) is 23.6. The minimum absolute atomic E-state index is 0.110. The van der Waals surface area contributed by atoms with Gasteiger partial charge >= 0.3 is 5.97 Å². The summed E-state index contributed by atoms with van der Waals surface area (Å²) in [5, 5.41) is 13.8. The van der Waals surface area contributed by atoms with E-state index in [2.05, 4.69) is 10.6 Å². The van der Waals surface area contributed by atoms with E-state index in [4.69, 9.17) is 9.84 Å². The molecule has 1 atom stereocenters. The average Bonchev–Trinajstić information content (AvgIpc) is 2.82. The Kier molecular flexibility index (Phi) is 8.49. The molecule has 170 valence electrons. The van der Waals surface area contributed by atoms with Crippen LogP contribution in [0.15, 0.2) is 83.8 Å². The number of aliphatic carboxylic acids is 1. The third-order valence-electron chi connectivity index (χ3n) is 4.64. The quantitative estimate of drug-likeness (QED) is 0.366. The fraction of sp³-hybridized carbons (Fsp3) is 0.160. The number of benzene rings is 3. The molecule has 2 amide bonds. The Balaban J connectivity index is 1.79. The molecule has 0 aliphatic carbocycles. The monoisotopic (exact) mass is 464 g/mol. The zero-order valence-corrected chi connectivity index (χ0v) is 18.8. The molecule has 33 heavy (non-hydrogen) atoms. The van der Waals surface area contributed by atoms with Crippen LogP contribution in [0.4, 0.5) is 11.4 Å². The van der Waals surface area contributed by atoms with Crippen LogP contribution < -0.4 is 15.4 Å². The fourth-order valence-electron chi connectivity index (χ4n) is 3.07. The molecule has 3 aromatic carbocycles. The van der Waals surface area contributed by atoms with Crippen LogP contribution in [-0.4, -0.2) is 30.0 Å². The molecule has 3 N–H and O–H groups in total. The molecule has 0 aliphatic heterocycles. The maximum atomic E-state index is 13.3. The van der Waals surface area contributed by atoms with Crippen molar-refractivity contribution in [2.24, 2.45) is 0 Å². The van der Waals surface area contributed by atoms with Crippen molar-refractivity contribution in [2.75, 3.05) is 17.7 Å². The van der Waals surface area contributed by atoms with Crippen molar-refractivity contribution < 1.29 is 24.2 Å². The largest absolute Gasteiger partial charge is 0.495 e. The van der Waals surface area contributed by atoms with Gasteiger partial charge in [-0.05, 0) is 35.9 Å². The third kappa shape index (κ3) is 7.11. The Morgan fingerprint density at radius 1 is 0.909 bits per heavy atom. The Bertz CT molecular complexity index is 1120. The molecule has 0 spiro atoms. The zero-order valence-electron chi connectivity index (χ0n) is 18.0. The van der Waals surface area contributed by atoms with E-state index in [0.717, 1.165) is 10.5 Å². The highest BCUT2D eigenvalue weighted by Crippen LogP contribution is 2.38. The van der Waals surface area contributed by atoms with E-state index in [9.17, 15) is 14.4 Å². The number of nitrogens with one attached hydrogen (secondary N) is 2. The highest BCUT2D eigenvalue weighted by molar-refractivity contribution is 8.00. The molecular formula is C25H24N2O5S. The van der Waals surface area contributed by atoms with E-state index in [-0.39, 0.29) is 24.7 Å². The number of hydrogen-bond acceptors (Lipinski definition) is 5. The molecule has 3 rings (SSSR count). The SMILES string of the molecule is COc1ccccc1NC(=O)C(Sc1cccc(NC(=O)CCC(=O)O)c1)c1ccccc1. The molecule has 0 heterocycles. The van der Waals surface area contributed by atoms with E-state index in [1.807, 2.05) is 48.5 Å². The van der Waals surface area contributed by atoms with Crippen molar-refractivity contribution in [1.82, 2.24) is 0 Å². The van der Waals surface area contributed by atoms with Gasteiger partial charge in [-0.25, -0.2) is 0 Å². The number of hydrogen-bond donors (Lipinski definition) is 3. The van der Waals surface area contributed by atoms with E-state index in [1.165, 1.54) is 11.8 Å². The molecule has 0 aromatic heterocycles. The molecule has 1 unspecified atom stereocenters. The van der Waals surface area contributed by atoms with Crippen molar-refractivity contribution >= 4 is 40.9 Å². The predicted molar refractivity (Wildman–Crippen MR) is 129 cm³/mol. The summed E-state index contributed by atoms with van der Waals surface area (Å²) in [5.74, 6) is -1.06. The van der Waals surface area contributed by atoms with Crippen LogP contribution in [0.3, 0.4) is 0 Å². The molecular weight excluding hydrogens is 440 g/mol. The molecule has 0 aliphatic rings. The summed E-state index contributed by atoms with van der Waals surface area (Å²) in [6.45, 7) is 0. The van der Waals surface area contributed by atoms with Gasteiger partial charge in [-0.15, -0.1) is 11.8 Å². The maximum Gasteiger partial charge on any atom is 0.303 e. The molecule has 0 saturated carbocycles. The number of rotatable bonds is 10. The molecule has 0 radical (unpaired) electrons. The van der Waals surface area contributed by atoms with E-state index >= 15 is 0 Å². The standard InChI is InChI=1S/C25H24N2O5S/c1-32-21-13-6-5-12-20(21)27-25(31)24(17-8-3-2-4-9-17)33-19-11-7-10-18(16-19)26-22(28)14-15-23(29)30/h2-13,16,24H,14-15H2,1H3,(H,26,28)(H,27,31)(H,29,30). The van der Waals surface area contributed by atoms with E-state index in [0.29, 0.717) is 17.1 Å². The van der Waals surface area contributed by atoms with Gasteiger partial charge in [-0.3, -0.25) is 14.4 Å². The van der Waals surface area contributed by atoms with Crippen LogP contribution in [0.25, 0.3) is 0 Å². The van der Waals surface area contributed by atoms with Crippen LogP contribution >= 0.6 is 11.8 Å². The van der Waals surface area contributed by atoms with Crippen LogP contribution in [-0.2, 0) is 14.4 Å². The molecule has 7 nitrogen and oxygen atoms in total. The Morgan fingerprint density at radius 3 is 2.36 bits per heavy atom. The summed E-state index contributed by atoms with van der Waals surface area (Å²) in [6.07, 6.45) is -0.347. The lowest BCUT2D eigenvalue weighted by atomic mass is 10.1. The third-order valence-corrected chi connectivity index (χ3v) is 5.89. The Morgan fingerprint density at radius 2 is 1.64 bits per heavy atom. The highest BCUT2D eigenvalue weighted by Gasteiger charge is 2.23. The molecule has 0 saturated heterocycles. The average molecular weight is 465 g/mol. The second-order valence-corrected chi connectivity index (χ2v) is 8.25. The number of anilines is 2. The smallest absolute Gasteiger partial charge is 0.303 e. The lowest BCUT2D eigenvalue weighted by molar-refractivity contribution is -0.138. The number of carbonyl (C=O) groups is 3. The summed E-state index contributed by atoms with van der Waals surface area (Å²) >= 11 is 1.34. The van der Waals surface area contributed by atoms with Gasteiger partial charge in [0, 0.05) is 17.0 Å². The first-order valence-corrected chi connectivity index (χ1v) is 11.1. The number of para-hydroxylation sites is 2. The van der Waals surface area contributed by atoms with Gasteiger partial charge in [0.15, 0.2) is 0 Å². The Labute approximate surface area is 196 Å². The summed E-state index contributed by atoms with van der Waals surface area (Å²) in [4.78, 5) is 36.7. The lowest BCUT2D eigenvalue weighted by Gasteiger charge is -2.18. The van der Waals surface area contributed by atoms with Gasteiger partial charge < -0.3 is 20.5 Å². The number of thioether (sulfide) groups is 1. The second-order valence-electron chi connectivity index (χ2n) is 7.07. The van der Waals surface area contributed by atoms with Gasteiger partial charge in [0.05, 0.1) is 19.2 Å². The van der Waals surface area contributed by atoms with Crippen LogP contribution in [0.1, 0.15) is 23.7 Å². The maximum absolute atomic E-state index is 13.3. The van der Waals surface area contributed by atoms with Gasteiger partial charge in [0.25, 0.3) is 0 Å². The van der Waals surface area contributed by atoms with E-state index in [1.54, 1.807) is 37.4 Å². The molecule has 8 heteroatoms. The van der Waals surface area contributed by atoms with Crippen molar-refractivity contribution in [2.45, 2.75) is 23.0 Å². The van der Waals surface area contributed by atoms with Crippen LogP contribution in [0, 0.1) is 0 Å². The number of carbonyl (C=O) groups excluding carboxylic acids is 2. The van der Waals surface area contributed by atoms with Crippen molar-refractivity contribution in [3.8, 4) is 5.75 Å². The summed E-state index contributed by atoms with van der Waals surface area (Å²) in [7, 11) is 1.55. The molecule has 0 fully saturated rings. The van der Waals surface area contributed by atoms with E-state index < -0.39 is 11.2 Å². The number of amides is 2. The summed E-state index contributed by atoms with van der Waals surface area (Å²) in [6, 6.07) is 23.7. The van der Waals surface area contributed by atoms with Gasteiger partial charge in [-0.2, -0.15) is 0 Å². The van der Waals surface area contributed by atoms with Crippen LogP contribution in [0.5, 0.6) is 5.75 Å². The first kappa shape index (κ1) is 23.9. The number of methoxy groups -OCH3 is 1. The molecule has 3 aromatic rings. The predicted octanol–water partition coefficient (Wildman–Crippen LogP) is 4.97. The number of carboxylic acids is 1. The first-order valence-electron chi connectivity index (χ1n) is 10.2. The van der Waals surface area contributed by atoms with Gasteiger partial charge in [0.1, 0.15) is 11.0 Å².